The van der Waals surface area contributed by atoms with E-state index in [0.717, 1.165) is 6.07 Å². The number of hydrogen-bond donors (Lipinski definition) is 0. The van der Waals surface area contributed by atoms with Gasteiger partial charge in [0, 0.05) is 6.07 Å². The first-order valence-corrected chi connectivity index (χ1v) is 5.12. The molecule has 0 bridgehead atoms. The van der Waals surface area contributed by atoms with Crippen LogP contribution in [-0.2, 0) is 4.79 Å². The lowest BCUT2D eigenvalue weighted by Crippen LogP contribution is -2.03. The van der Waals surface area contributed by atoms with Crippen LogP contribution in [0.3, 0.4) is 0 Å². The van der Waals surface area contributed by atoms with Crippen molar-refractivity contribution in [3.63, 3.8) is 0 Å². The Morgan fingerprint density at radius 3 is 2.81 bits per heavy atom. The fourth-order valence-corrected chi connectivity index (χ4v) is 1.81. The summed E-state index contributed by atoms with van der Waals surface area (Å²) in [4.78, 5) is 20.2. The van der Waals surface area contributed by atoms with Crippen molar-refractivity contribution in [2.45, 2.75) is 0 Å². The molecule has 1 rings (SSSR count). The van der Waals surface area contributed by atoms with Gasteiger partial charge in [0.1, 0.15) is 6.61 Å². The highest BCUT2D eigenvalue weighted by atomic mass is 127. The molecular weight excluding hydrogens is 327 g/mol. The van der Waals surface area contributed by atoms with Crippen LogP contribution in [0, 0.1) is 25.0 Å². The Bertz CT molecular complexity index is 481. The molecule has 6 nitrogen and oxygen atoms in total. The van der Waals surface area contributed by atoms with Gasteiger partial charge < -0.3 is 4.74 Å². The Labute approximate surface area is 104 Å². The minimum Gasteiger partial charge on any atom is -0.478 e. The molecule has 0 amide bonds. The van der Waals surface area contributed by atoms with Gasteiger partial charge in [-0.1, -0.05) is 0 Å². The monoisotopic (exact) mass is 332 g/mol. The SMILES string of the molecule is N#Cc1cc(I)c(OCC=O)c([N+](=O)[O-])c1. The Balaban J connectivity index is 3.29. The van der Waals surface area contributed by atoms with E-state index in [1.54, 1.807) is 0 Å². The molecule has 0 aromatic heterocycles. The molecule has 1 aromatic rings. The van der Waals surface area contributed by atoms with E-state index < -0.39 is 4.92 Å². The number of aldehydes is 1. The molecule has 0 N–H and O–H groups in total. The van der Waals surface area contributed by atoms with E-state index in [4.69, 9.17) is 10.00 Å². The maximum atomic E-state index is 10.7. The first-order valence-electron chi connectivity index (χ1n) is 4.04. The number of rotatable bonds is 4. The lowest BCUT2D eigenvalue weighted by Gasteiger charge is -2.05. The van der Waals surface area contributed by atoms with Crippen LogP contribution in [-0.4, -0.2) is 17.8 Å². The molecular formula is C9H5IN2O4. The summed E-state index contributed by atoms with van der Waals surface area (Å²) in [5.74, 6) is 0.0108. The molecule has 0 aliphatic heterocycles. The number of carbonyl (C=O) groups excluding carboxylic acids is 1. The van der Waals surface area contributed by atoms with Gasteiger partial charge in [-0.3, -0.25) is 14.9 Å². The Morgan fingerprint density at radius 1 is 1.62 bits per heavy atom. The van der Waals surface area contributed by atoms with Gasteiger partial charge in [0.15, 0.2) is 6.29 Å². The molecule has 0 radical (unpaired) electrons. The van der Waals surface area contributed by atoms with E-state index in [1.807, 2.05) is 28.7 Å². The molecule has 1 aromatic carbocycles. The molecule has 0 unspecified atom stereocenters. The van der Waals surface area contributed by atoms with Crippen molar-refractivity contribution >= 4 is 34.6 Å². The number of nitro groups is 1. The number of hydrogen-bond acceptors (Lipinski definition) is 5. The van der Waals surface area contributed by atoms with E-state index in [2.05, 4.69) is 0 Å². The molecule has 82 valence electrons. The highest BCUT2D eigenvalue weighted by molar-refractivity contribution is 14.1. The van der Waals surface area contributed by atoms with Gasteiger partial charge in [0.25, 0.3) is 0 Å². The highest BCUT2D eigenvalue weighted by Crippen LogP contribution is 2.33. The highest BCUT2D eigenvalue weighted by Gasteiger charge is 2.20. The Hall–Kier alpha value is -1.69. The van der Waals surface area contributed by atoms with Crippen molar-refractivity contribution in [1.82, 2.24) is 0 Å². The summed E-state index contributed by atoms with van der Waals surface area (Å²) in [5.41, 5.74) is -0.139. The summed E-state index contributed by atoms with van der Waals surface area (Å²) >= 11 is 1.81. The van der Waals surface area contributed by atoms with Gasteiger partial charge in [-0.25, -0.2) is 0 Å². The minimum atomic E-state index is -0.650. The third-order valence-electron chi connectivity index (χ3n) is 1.65. The summed E-state index contributed by atoms with van der Waals surface area (Å²) in [7, 11) is 0. The van der Waals surface area contributed by atoms with Crippen molar-refractivity contribution in [2.24, 2.45) is 0 Å². The third-order valence-corrected chi connectivity index (χ3v) is 2.45. The van der Waals surface area contributed by atoms with Gasteiger partial charge in [-0.05, 0) is 28.7 Å². The van der Waals surface area contributed by atoms with Crippen LogP contribution in [0.2, 0.25) is 0 Å². The predicted octanol–water partition coefficient (Wildman–Crippen LogP) is 1.65. The number of nitrogens with zero attached hydrogens (tertiary/aromatic N) is 2. The maximum absolute atomic E-state index is 10.7. The fraction of sp³-hybridized carbons (Fsp3) is 0.111. The van der Waals surface area contributed by atoms with E-state index in [9.17, 15) is 14.9 Å². The molecule has 16 heavy (non-hydrogen) atoms. The van der Waals surface area contributed by atoms with Crippen molar-refractivity contribution in [1.29, 1.82) is 5.26 Å². The van der Waals surface area contributed by atoms with E-state index in [0.29, 0.717) is 9.86 Å². The van der Waals surface area contributed by atoms with Crippen molar-refractivity contribution in [2.75, 3.05) is 6.61 Å². The van der Waals surface area contributed by atoms with Crippen LogP contribution in [0.4, 0.5) is 5.69 Å². The normalized spacial score (nSPS) is 9.25. The number of nitro benzene ring substituents is 1. The lowest BCUT2D eigenvalue weighted by molar-refractivity contribution is -0.385. The van der Waals surface area contributed by atoms with Gasteiger partial charge >= 0.3 is 5.69 Å². The van der Waals surface area contributed by atoms with Crippen molar-refractivity contribution < 1.29 is 14.5 Å². The molecule has 0 spiro atoms. The quantitative estimate of drug-likeness (QED) is 0.362. The van der Waals surface area contributed by atoms with Crippen molar-refractivity contribution in [3.05, 3.63) is 31.4 Å². The zero-order valence-electron chi connectivity index (χ0n) is 7.84. The standard InChI is InChI=1S/C9H5IN2O4/c10-7-3-6(5-11)4-8(12(14)15)9(7)16-2-1-13/h1,3-4H,2H2. The van der Waals surface area contributed by atoms with E-state index >= 15 is 0 Å². The average molecular weight is 332 g/mol. The summed E-state index contributed by atoms with van der Waals surface area (Å²) in [6.07, 6.45) is 0.498. The smallest absolute Gasteiger partial charge is 0.313 e. The number of carbonyl (C=O) groups is 1. The summed E-state index contributed by atoms with van der Waals surface area (Å²) < 4.78 is 5.37. The lowest BCUT2D eigenvalue weighted by atomic mass is 10.2. The van der Waals surface area contributed by atoms with Crippen molar-refractivity contribution in [3.8, 4) is 11.8 Å². The number of benzene rings is 1. The second-order valence-electron chi connectivity index (χ2n) is 2.65. The Morgan fingerprint density at radius 2 is 2.31 bits per heavy atom. The van der Waals surface area contributed by atoms with Gasteiger partial charge in [-0.2, -0.15) is 5.26 Å². The molecule has 0 saturated carbocycles. The zero-order valence-corrected chi connectivity index (χ0v) is 10.0. The first-order chi connectivity index (χ1) is 7.60. The molecule has 0 fully saturated rings. The molecule has 0 aliphatic carbocycles. The van der Waals surface area contributed by atoms with E-state index in [1.165, 1.54) is 6.07 Å². The molecule has 0 saturated heterocycles. The molecule has 0 atom stereocenters. The van der Waals surface area contributed by atoms with E-state index in [-0.39, 0.29) is 23.6 Å². The van der Waals surface area contributed by atoms with Gasteiger partial charge in [0.05, 0.1) is 20.1 Å². The zero-order chi connectivity index (χ0) is 12.1. The molecule has 0 heterocycles. The van der Waals surface area contributed by atoms with Crippen LogP contribution in [0.25, 0.3) is 0 Å². The molecule has 7 heteroatoms. The average Bonchev–Trinajstić information content (AvgIpc) is 2.26. The third kappa shape index (κ3) is 2.66. The summed E-state index contributed by atoms with van der Waals surface area (Å²) in [6, 6.07) is 4.38. The number of nitriles is 1. The summed E-state index contributed by atoms with van der Waals surface area (Å²) in [5, 5.41) is 19.4. The number of ether oxygens (including phenoxy) is 1. The minimum absolute atomic E-state index is 0.0108. The number of halogens is 1. The largest absolute Gasteiger partial charge is 0.478 e. The van der Waals surface area contributed by atoms with Crippen LogP contribution >= 0.6 is 22.6 Å². The van der Waals surface area contributed by atoms with Gasteiger partial charge in [-0.15, -0.1) is 0 Å². The van der Waals surface area contributed by atoms with Crippen LogP contribution in [0.1, 0.15) is 5.56 Å². The second-order valence-corrected chi connectivity index (χ2v) is 3.82. The van der Waals surface area contributed by atoms with Crippen LogP contribution < -0.4 is 4.74 Å². The van der Waals surface area contributed by atoms with Crippen LogP contribution in [0.5, 0.6) is 5.75 Å². The Kier molecular flexibility index (Phi) is 4.19. The fourth-order valence-electron chi connectivity index (χ4n) is 1.04. The summed E-state index contributed by atoms with van der Waals surface area (Å²) in [6.45, 7) is -0.261. The van der Waals surface area contributed by atoms with Crippen LogP contribution in [0.15, 0.2) is 12.1 Å². The maximum Gasteiger partial charge on any atom is 0.313 e. The topological polar surface area (TPSA) is 93.2 Å². The van der Waals surface area contributed by atoms with Gasteiger partial charge in [0.2, 0.25) is 5.75 Å². The molecule has 0 aliphatic rings. The second kappa shape index (κ2) is 5.41. The first kappa shape index (κ1) is 12.4. The predicted molar refractivity (Wildman–Crippen MR) is 62.1 cm³/mol.